The Morgan fingerprint density at radius 1 is 1.15 bits per heavy atom. The standard InChI is InChI=1S/C20H20BrFN2O2S/c21-15-5-3-6-16(10-15)23-19(25)12-27-13-20(26)24(17-8-9-17)11-14-4-1-2-7-18(14)22/h1-7,10,17H,8-9,11-13H2,(H,23,25). The first-order valence-corrected chi connectivity index (χ1v) is 10.6. The van der Waals surface area contributed by atoms with E-state index in [1.54, 1.807) is 23.1 Å². The van der Waals surface area contributed by atoms with Crippen LogP contribution >= 0.6 is 27.7 Å². The van der Waals surface area contributed by atoms with Crippen molar-refractivity contribution < 1.29 is 14.0 Å². The highest BCUT2D eigenvalue weighted by Crippen LogP contribution is 2.29. The number of amides is 2. The first-order valence-electron chi connectivity index (χ1n) is 8.69. The summed E-state index contributed by atoms with van der Waals surface area (Å²) < 4.78 is 14.8. The van der Waals surface area contributed by atoms with Crippen LogP contribution in [0.1, 0.15) is 18.4 Å². The lowest BCUT2D eigenvalue weighted by Crippen LogP contribution is -2.34. The van der Waals surface area contributed by atoms with Crippen molar-refractivity contribution >= 4 is 45.2 Å². The van der Waals surface area contributed by atoms with Gasteiger partial charge in [-0.15, -0.1) is 11.8 Å². The summed E-state index contributed by atoms with van der Waals surface area (Å²) in [6.45, 7) is 0.279. The minimum atomic E-state index is -0.294. The number of nitrogens with one attached hydrogen (secondary N) is 1. The molecule has 0 unspecified atom stereocenters. The summed E-state index contributed by atoms with van der Waals surface area (Å²) in [5.74, 6) is -0.108. The van der Waals surface area contributed by atoms with Crippen molar-refractivity contribution in [3.8, 4) is 0 Å². The van der Waals surface area contributed by atoms with Crippen molar-refractivity contribution in [1.29, 1.82) is 0 Å². The Bertz CT molecular complexity index is 829. The molecule has 0 saturated heterocycles. The largest absolute Gasteiger partial charge is 0.335 e. The molecule has 4 nitrogen and oxygen atoms in total. The number of hydrogen-bond donors (Lipinski definition) is 1. The van der Waals surface area contributed by atoms with Crippen molar-refractivity contribution in [3.05, 3.63) is 64.4 Å². The monoisotopic (exact) mass is 450 g/mol. The van der Waals surface area contributed by atoms with Crippen LogP contribution in [0, 0.1) is 5.82 Å². The number of benzene rings is 2. The van der Waals surface area contributed by atoms with Crippen LogP contribution in [0.4, 0.5) is 10.1 Å². The van der Waals surface area contributed by atoms with Crippen LogP contribution in [0.2, 0.25) is 0 Å². The first kappa shape index (κ1) is 19.9. The van der Waals surface area contributed by atoms with Gasteiger partial charge in [0.05, 0.1) is 11.5 Å². The molecule has 0 radical (unpaired) electrons. The van der Waals surface area contributed by atoms with E-state index in [4.69, 9.17) is 0 Å². The average molecular weight is 451 g/mol. The predicted molar refractivity (Wildman–Crippen MR) is 110 cm³/mol. The average Bonchev–Trinajstić information content (AvgIpc) is 3.46. The summed E-state index contributed by atoms with van der Waals surface area (Å²) in [6, 6.07) is 14.1. The van der Waals surface area contributed by atoms with Gasteiger partial charge in [0.1, 0.15) is 5.82 Å². The third kappa shape index (κ3) is 6.07. The van der Waals surface area contributed by atoms with Gasteiger partial charge in [-0.3, -0.25) is 9.59 Å². The van der Waals surface area contributed by atoms with Gasteiger partial charge in [0.25, 0.3) is 0 Å². The Morgan fingerprint density at radius 3 is 2.63 bits per heavy atom. The van der Waals surface area contributed by atoms with Gasteiger partial charge in [-0.05, 0) is 37.1 Å². The fraction of sp³-hybridized carbons (Fsp3) is 0.300. The maximum atomic E-state index is 13.9. The van der Waals surface area contributed by atoms with E-state index in [0.29, 0.717) is 11.3 Å². The molecule has 0 aliphatic heterocycles. The molecule has 0 atom stereocenters. The second-order valence-electron chi connectivity index (χ2n) is 6.40. The second-order valence-corrected chi connectivity index (χ2v) is 8.30. The molecular formula is C20H20BrFN2O2S. The Morgan fingerprint density at radius 2 is 1.93 bits per heavy atom. The van der Waals surface area contributed by atoms with Crippen molar-refractivity contribution in [1.82, 2.24) is 4.90 Å². The molecular weight excluding hydrogens is 431 g/mol. The number of hydrogen-bond acceptors (Lipinski definition) is 3. The van der Waals surface area contributed by atoms with Gasteiger partial charge in [0.2, 0.25) is 11.8 Å². The van der Waals surface area contributed by atoms with Crippen molar-refractivity contribution in [3.63, 3.8) is 0 Å². The molecule has 1 aliphatic rings. The Hall–Kier alpha value is -1.86. The number of halogens is 2. The molecule has 7 heteroatoms. The third-order valence-corrected chi connectivity index (χ3v) is 5.58. The SMILES string of the molecule is O=C(CSCC(=O)N(Cc1ccccc1F)C1CC1)Nc1cccc(Br)c1. The zero-order valence-electron chi connectivity index (χ0n) is 14.7. The third-order valence-electron chi connectivity index (χ3n) is 4.17. The fourth-order valence-corrected chi connectivity index (χ4v) is 3.79. The Labute approximate surface area is 170 Å². The summed E-state index contributed by atoms with van der Waals surface area (Å²) in [5.41, 5.74) is 1.23. The zero-order valence-corrected chi connectivity index (χ0v) is 17.1. The quantitative estimate of drug-likeness (QED) is 0.645. The van der Waals surface area contributed by atoms with Gasteiger partial charge < -0.3 is 10.2 Å². The molecule has 142 valence electrons. The molecule has 0 aromatic heterocycles. The highest BCUT2D eigenvalue weighted by atomic mass is 79.9. The number of anilines is 1. The predicted octanol–water partition coefficient (Wildman–Crippen LogP) is 4.45. The topological polar surface area (TPSA) is 49.4 Å². The lowest BCUT2D eigenvalue weighted by atomic mass is 10.2. The van der Waals surface area contributed by atoms with Crippen LogP contribution in [0.15, 0.2) is 53.0 Å². The van der Waals surface area contributed by atoms with Crippen LogP contribution in [0.5, 0.6) is 0 Å². The minimum absolute atomic E-state index is 0.0546. The van der Waals surface area contributed by atoms with E-state index in [1.807, 2.05) is 24.3 Å². The van der Waals surface area contributed by atoms with E-state index in [9.17, 15) is 14.0 Å². The van der Waals surface area contributed by atoms with Crippen molar-refractivity contribution in [2.45, 2.75) is 25.4 Å². The summed E-state index contributed by atoms with van der Waals surface area (Å²) in [5, 5.41) is 2.80. The van der Waals surface area contributed by atoms with E-state index >= 15 is 0 Å². The fourth-order valence-electron chi connectivity index (χ4n) is 2.69. The van der Waals surface area contributed by atoms with Gasteiger partial charge in [-0.2, -0.15) is 0 Å². The molecule has 0 bridgehead atoms. The molecule has 2 aromatic carbocycles. The molecule has 2 aromatic rings. The summed E-state index contributed by atoms with van der Waals surface area (Å²) in [7, 11) is 0. The Kier molecular flexibility index (Phi) is 6.90. The van der Waals surface area contributed by atoms with E-state index in [1.165, 1.54) is 17.8 Å². The smallest absolute Gasteiger partial charge is 0.234 e. The Balaban J connectivity index is 1.48. The molecule has 1 aliphatic carbocycles. The van der Waals surface area contributed by atoms with Crippen LogP contribution in [-0.4, -0.2) is 34.3 Å². The molecule has 3 rings (SSSR count). The minimum Gasteiger partial charge on any atom is -0.335 e. The molecule has 0 heterocycles. The maximum Gasteiger partial charge on any atom is 0.234 e. The molecule has 27 heavy (non-hydrogen) atoms. The first-order chi connectivity index (χ1) is 13.0. The summed E-state index contributed by atoms with van der Waals surface area (Å²) >= 11 is 4.63. The number of carbonyl (C=O) groups excluding carboxylic acids is 2. The lowest BCUT2D eigenvalue weighted by molar-refractivity contribution is -0.129. The molecule has 0 spiro atoms. The molecule has 1 saturated carbocycles. The van der Waals surface area contributed by atoms with Gasteiger partial charge in [-0.25, -0.2) is 4.39 Å². The van der Waals surface area contributed by atoms with Crippen LogP contribution in [-0.2, 0) is 16.1 Å². The summed E-state index contributed by atoms with van der Waals surface area (Å²) in [4.78, 5) is 26.3. The van der Waals surface area contributed by atoms with Gasteiger partial charge in [0, 0.05) is 28.3 Å². The van der Waals surface area contributed by atoms with Crippen LogP contribution in [0.25, 0.3) is 0 Å². The number of rotatable bonds is 8. The maximum absolute atomic E-state index is 13.9. The van der Waals surface area contributed by atoms with Crippen LogP contribution in [0.3, 0.4) is 0 Å². The highest BCUT2D eigenvalue weighted by Gasteiger charge is 2.32. The lowest BCUT2D eigenvalue weighted by Gasteiger charge is -2.22. The molecule has 1 fully saturated rings. The summed E-state index contributed by atoms with van der Waals surface area (Å²) in [6.07, 6.45) is 1.91. The molecule has 2 amide bonds. The van der Waals surface area contributed by atoms with E-state index in [0.717, 1.165) is 17.3 Å². The van der Waals surface area contributed by atoms with Gasteiger partial charge in [-0.1, -0.05) is 40.2 Å². The second kappa shape index (κ2) is 9.37. The zero-order chi connectivity index (χ0) is 19.2. The molecule has 1 N–H and O–H groups in total. The number of nitrogens with zero attached hydrogens (tertiary/aromatic N) is 1. The van der Waals surface area contributed by atoms with E-state index in [-0.39, 0.29) is 41.7 Å². The van der Waals surface area contributed by atoms with E-state index < -0.39 is 0 Å². The van der Waals surface area contributed by atoms with E-state index in [2.05, 4.69) is 21.2 Å². The van der Waals surface area contributed by atoms with Gasteiger partial charge in [0.15, 0.2) is 0 Å². The van der Waals surface area contributed by atoms with Gasteiger partial charge >= 0.3 is 0 Å². The number of carbonyl (C=O) groups is 2. The van der Waals surface area contributed by atoms with Crippen molar-refractivity contribution in [2.24, 2.45) is 0 Å². The number of thioether (sulfide) groups is 1. The normalized spacial score (nSPS) is 13.3. The van der Waals surface area contributed by atoms with Crippen LogP contribution < -0.4 is 5.32 Å². The van der Waals surface area contributed by atoms with Crippen molar-refractivity contribution in [2.75, 3.05) is 16.8 Å². The highest BCUT2D eigenvalue weighted by molar-refractivity contribution is 9.10.